The Morgan fingerprint density at radius 2 is 0.476 bits per heavy atom. The molecule has 4 heterocycles. The Morgan fingerprint density at radius 1 is 0.177 bits per heavy atom. The molecule has 0 radical (unpaired) electrons. The van der Waals surface area contributed by atoms with Gasteiger partial charge in [0.1, 0.15) is 11.2 Å². The first-order valence-electron chi connectivity index (χ1n) is 42.3. The zero-order valence-corrected chi connectivity index (χ0v) is 68.5. The van der Waals surface area contributed by atoms with Crippen LogP contribution >= 0.6 is 11.3 Å². The van der Waals surface area contributed by atoms with Gasteiger partial charge in [0, 0.05) is 97.7 Å². The third-order valence-electron chi connectivity index (χ3n) is 24.6. The number of benzene rings is 20. The Kier molecular flexibility index (Phi) is 18.4. The molecule has 0 atom stereocenters. The lowest BCUT2D eigenvalue weighted by atomic mass is 9.97. The lowest BCUT2D eigenvalue weighted by molar-refractivity contribution is 0.669. The van der Waals surface area contributed by atoms with Gasteiger partial charge in [0.15, 0.2) is 0 Å². The summed E-state index contributed by atoms with van der Waals surface area (Å²) in [5.41, 5.74) is 32.2. The largest absolute Gasteiger partial charge is 0.456 e. The van der Waals surface area contributed by atoms with Crippen LogP contribution in [0.25, 0.3) is 186 Å². The fraction of sp³-hybridized carbons (Fsp3) is 0. The Labute approximate surface area is 722 Å². The maximum Gasteiger partial charge on any atom is 0.135 e. The smallest absolute Gasteiger partial charge is 0.135 e. The maximum atomic E-state index is 6.51. The molecule has 6 heteroatoms. The second-order valence-electron chi connectivity index (χ2n) is 31.9. The number of rotatable bonds is 15. The van der Waals surface area contributed by atoms with Gasteiger partial charge in [-0.3, -0.25) is 0 Å². The number of aromatic nitrogens is 2. The second-order valence-corrected chi connectivity index (χ2v) is 33.0. The molecule has 0 unspecified atom stereocenters. The van der Waals surface area contributed by atoms with Gasteiger partial charge in [0.05, 0.1) is 27.8 Å². The summed E-state index contributed by atoms with van der Waals surface area (Å²) >= 11 is 1.86. The molecule has 4 aromatic heterocycles. The zero-order chi connectivity index (χ0) is 82.0. The molecule has 5 nitrogen and oxygen atoms in total. The van der Waals surface area contributed by atoms with E-state index in [0.717, 1.165) is 72.9 Å². The summed E-state index contributed by atoms with van der Waals surface area (Å²) < 4.78 is 13.8. The maximum absolute atomic E-state index is 6.51. The molecular formula is C118H78N4OS. The van der Waals surface area contributed by atoms with Crippen LogP contribution in [0.5, 0.6) is 0 Å². The minimum absolute atomic E-state index is 0.866. The number of furan rings is 1. The zero-order valence-electron chi connectivity index (χ0n) is 67.6. The third kappa shape index (κ3) is 13.4. The second kappa shape index (κ2) is 31.2. The van der Waals surface area contributed by atoms with Crippen LogP contribution < -0.4 is 9.80 Å². The van der Waals surface area contributed by atoms with Crippen LogP contribution in [0.4, 0.5) is 34.1 Å². The minimum Gasteiger partial charge on any atom is -0.456 e. The number of hydrogen-bond acceptors (Lipinski definition) is 4. The SMILES string of the molecule is c1ccc(-c2ccc(N(c3ccc(-c4ccccc4)cc3)c3ccc4sc5ccc(-c6cccc(-c7ccc8c(c7)c7ccccc7n8-c7ccccc7)c6)cc5c4c3)cc2)cc1.c1ccc(-c2ccc(N(c3ccc4oc5ccc(-c6cccc(-c7ccc8c(c7)c7ccccc7n8-c7ccccc7)c6)cc5c4c3)c3cccc4ccccc34)cc2)cc1. The van der Waals surface area contributed by atoms with E-state index in [-0.39, 0.29) is 0 Å². The van der Waals surface area contributed by atoms with Gasteiger partial charge < -0.3 is 23.4 Å². The molecule has 0 aliphatic carbocycles. The molecule has 0 spiro atoms. The molecule has 0 saturated heterocycles. The topological polar surface area (TPSA) is 29.5 Å². The highest BCUT2D eigenvalue weighted by molar-refractivity contribution is 7.25. The Hall–Kier alpha value is -16.1. The molecule has 582 valence electrons. The first-order valence-corrected chi connectivity index (χ1v) is 43.1. The van der Waals surface area contributed by atoms with Crippen LogP contribution in [0.3, 0.4) is 0 Å². The van der Waals surface area contributed by atoms with E-state index in [9.17, 15) is 0 Å². The van der Waals surface area contributed by atoms with E-state index < -0.39 is 0 Å². The highest BCUT2D eigenvalue weighted by Crippen LogP contribution is 2.47. The van der Waals surface area contributed by atoms with E-state index in [1.165, 1.54) is 147 Å². The molecule has 0 N–H and O–H groups in total. The van der Waals surface area contributed by atoms with Crippen LogP contribution in [0, 0.1) is 0 Å². The van der Waals surface area contributed by atoms with E-state index in [1.54, 1.807) is 0 Å². The highest BCUT2D eigenvalue weighted by Gasteiger charge is 2.23. The average molecular weight is 1600 g/mol. The quantitative estimate of drug-likeness (QED) is 0.102. The van der Waals surface area contributed by atoms with Gasteiger partial charge in [0.25, 0.3) is 0 Å². The van der Waals surface area contributed by atoms with Gasteiger partial charge in [0.2, 0.25) is 0 Å². The van der Waals surface area contributed by atoms with Crippen molar-refractivity contribution < 1.29 is 4.42 Å². The van der Waals surface area contributed by atoms with Crippen LogP contribution in [0.15, 0.2) is 478 Å². The van der Waals surface area contributed by atoms with Crippen LogP contribution in [-0.2, 0) is 0 Å². The molecule has 0 aliphatic rings. The number of fused-ring (bicyclic) bond motifs is 13. The minimum atomic E-state index is 0.866. The summed E-state index contributed by atoms with van der Waals surface area (Å²) in [6.45, 7) is 0. The molecule has 124 heavy (non-hydrogen) atoms. The fourth-order valence-electron chi connectivity index (χ4n) is 18.5. The molecule has 0 aliphatic heterocycles. The number of anilines is 6. The predicted molar refractivity (Wildman–Crippen MR) is 527 cm³/mol. The predicted octanol–water partition coefficient (Wildman–Crippen LogP) is 33.6. The summed E-state index contributed by atoms with van der Waals surface area (Å²) in [5.74, 6) is 0. The molecule has 20 aromatic carbocycles. The first-order chi connectivity index (χ1) is 61.4. The molecule has 0 saturated carbocycles. The van der Waals surface area contributed by atoms with E-state index in [1.807, 2.05) is 11.3 Å². The monoisotopic (exact) mass is 1600 g/mol. The van der Waals surface area contributed by atoms with E-state index in [2.05, 4.69) is 492 Å². The highest BCUT2D eigenvalue weighted by atomic mass is 32.1. The van der Waals surface area contributed by atoms with Crippen LogP contribution in [-0.4, -0.2) is 9.13 Å². The lowest BCUT2D eigenvalue weighted by Crippen LogP contribution is -2.10. The van der Waals surface area contributed by atoms with Crippen molar-refractivity contribution in [3.8, 4) is 89.3 Å². The summed E-state index contributed by atoms with van der Waals surface area (Å²) in [4.78, 5) is 4.75. The van der Waals surface area contributed by atoms with Gasteiger partial charge in [-0.05, 0) is 259 Å². The number of thiophene rings is 1. The van der Waals surface area contributed by atoms with Crippen molar-refractivity contribution in [2.75, 3.05) is 9.80 Å². The molecule has 24 aromatic rings. The van der Waals surface area contributed by atoms with Gasteiger partial charge in [-0.1, -0.05) is 297 Å². The van der Waals surface area contributed by atoms with Crippen LogP contribution in [0.1, 0.15) is 0 Å². The van der Waals surface area contributed by atoms with E-state index in [4.69, 9.17) is 4.42 Å². The summed E-state index contributed by atoms with van der Waals surface area (Å²) in [5, 5.41) is 12.1. The number of hydrogen-bond donors (Lipinski definition) is 0. The molecule has 0 amide bonds. The Morgan fingerprint density at radius 3 is 0.976 bits per heavy atom. The van der Waals surface area contributed by atoms with Gasteiger partial charge in [-0.15, -0.1) is 11.3 Å². The van der Waals surface area contributed by atoms with Crippen molar-refractivity contribution >= 4 is 142 Å². The number of para-hydroxylation sites is 4. The van der Waals surface area contributed by atoms with E-state index >= 15 is 0 Å². The molecule has 24 rings (SSSR count). The van der Waals surface area contributed by atoms with E-state index in [0.29, 0.717) is 0 Å². The standard InChI is InChI=1S/C60H40N2S.C58H38N2O/c1-4-13-41(14-5-1)43-23-29-50(30-24-43)61(51-31-25-44(26-32-51)42-15-6-2-7-16-42)52-33-36-60-56(40-52)55-39-48(28-35-59(55)63-60)46-18-12-17-45(37-46)47-27-34-58-54(38-47)53-21-10-11-22-57(53)62(58)49-19-8-3-9-20-49;1-3-13-39(14-4-1)40-25-29-47(30-26-40)59(54-24-12-16-41-15-7-8-21-49(41)54)48-31-34-58-53(38-48)52-37-45(28-33-57(52)61-58)43-18-11-17-42(35-43)44-27-32-56-51(36-44)50-22-9-10-23-55(50)60(56)46-19-5-2-6-20-46/h1-40H;1-38H. The Bertz CT molecular complexity index is 8050. The van der Waals surface area contributed by atoms with Crippen molar-refractivity contribution in [2.24, 2.45) is 0 Å². The normalized spacial score (nSPS) is 11.5. The van der Waals surface area contributed by atoms with Crippen molar-refractivity contribution in [2.45, 2.75) is 0 Å². The molecular weight excluding hydrogens is 1520 g/mol. The van der Waals surface area contributed by atoms with Gasteiger partial charge >= 0.3 is 0 Å². The van der Waals surface area contributed by atoms with Crippen molar-refractivity contribution in [3.63, 3.8) is 0 Å². The third-order valence-corrected chi connectivity index (χ3v) is 25.7. The van der Waals surface area contributed by atoms with Crippen molar-refractivity contribution in [3.05, 3.63) is 473 Å². The summed E-state index contributed by atoms with van der Waals surface area (Å²) in [6, 6.07) is 171. The number of nitrogens with zero attached hydrogens (tertiary/aromatic N) is 4. The van der Waals surface area contributed by atoms with Crippen molar-refractivity contribution in [1.29, 1.82) is 0 Å². The first kappa shape index (κ1) is 73.1. The fourth-order valence-corrected chi connectivity index (χ4v) is 19.6. The van der Waals surface area contributed by atoms with Crippen molar-refractivity contribution in [1.82, 2.24) is 9.13 Å². The lowest BCUT2D eigenvalue weighted by Gasteiger charge is -2.27. The molecule has 0 fully saturated rings. The Balaban J connectivity index is 0.000000143. The average Bonchev–Trinajstić information content (AvgIpc) is 1.69. The summed E-state index contributed by atoms with van der Waals surface area (Å²) in [6.07, 6.45) is 0. The van der Waals surface area contributed by atoms with Gasteiger partial charge in [-0.25, -0.2) is 0 Å². The van der Waals surface area contributed by atoms with Gasteiger partial charge in [-0.2, -0.15) is 0 Å². The van der Waals surface area contributed by atoms with Crippen LogP contribution in [0.2, 0.25) is 0 Å². The summed E-state index contributed by atoms with van der Waals surface area (Å²) in [7, 11) is 0. The molecule has 0 bridgehead atoms.